The Morgan fingerprint density at radius 1 is 1.14 bits per heavy atom. The summed E-state index contributed by atoms with van der Waals surface area (Å²) in [6, 6.07) is -0.420. The van der Waals surface area contributed by atoms with Crippen molar-refractivity contribution >= 4 is 11.8 Å². The molecule has 1 aliphatic carbocycles. The first kappa shape index (κ1) is 16.3. The van der Waals surface area contributed by atoms with Gasteiger partial charge in [-0.3, -0.25) is 9.59 Å². The molecule has 1 aliphatic heterocycles. The molecule has 2 amide bonds. The number of piperidine rings is 1. The number of hydrogen-bond acceptors (Lipinski definition) is 3. The number of likely N-dealkylation sites (tertiary alicyclic amines) is 1. The molecule has 21 heavy (non-hydrogen) atoms. The van der Waals surface area contributed by atoms with E-state index in [-0.39, 0.29) is 23.7 Å². The fourth-order valence-electron chi connectivity index (χ4n) is 3.61. The monoisotopic (exact) mass is 295 g/mol. The van der Waals surface area contributed by atoms with Crippen LogP contribution >= 0.6 is 0 Å². The van der Waals surface area contributed by atoms with Gasteiger partial charge in [-0.15, -0.1) is 0 Å². The lowest BCUT2D eigenvalue weighted by atomic mass is 9.78. The number of hydrogen-bond donors (Lipinski definition) is 2. The zero-order valence-electron chi connectivity index (χ0n) is 13.1. The number of nitrogens with one attached hydrogen (secondary N) is 1. The fraction of sp³-hybridized carbons (Fsp3) is 0.875. The van der Waals surface area contributed by atoms with Crippen LogP contribution in [-0.2, 0) is 9.59 Å². The van der Waals surface area contributed by atoms with Crippen molar-refractivity contribution in [2.45, 2.75) is 57.9 Å². The first-order chi connectivity index (χ1) is 10.1. The zero-order valence-corrected chi connectivity index (χ0v) is 13.1. The van der Waals surface area contributed by atoms with Gasteiger partial charge in [0.25, 0.3) is 0 Å². The molecule has 1 saturated carbocycles. The van der Waals surface area contributed by atoms with E-state index < -0.39 is 6.04 Å². The highest BCUT2D eigenvalue weighted by Gasteiger charge is 2.32. The number of nitrogens with two attached hydrogens (primary N) is 1. The van der Waals surface area contributed by atoms with E-state index in [1.165, 1.54) is 6.42 Å². The van der Waals surface area contributed by atoms with E-state index >= 15 is 0 Å². The van der Waals surface area contributed by atoms with Gasteiger partial charge in [-0.2, -0.15) is 0 Å². The molecular formula is C16H29N3O2. The second kappa shape index (κ2) is 7.78. The molecule has 2 fully saturated rings. The molecule has 0 aromatic heterocycles. The van der Waals surface area contributed by atoms with E-state index in [1.54, 1.807) is 6.92 Å². The molecule has 0 aromatic rings. The van der Waals surface area contributed by atoms with E-state index in [4.69, 9.17) is 5.73 Å². The largest absolute Gasteiger partial charge is 0.344 e. The first-order valence-electron chi connectivity index (χ1n) is 8.42. The average Bonchev–Trinajstić information content (AvgIpc) is 2.54. The van der Waals surface area contributed by atoms with Crippen molar-refractivity contribution in [3.05, 3.63) is 0 Å². The molecule has 3 unspecified atom stereocenters. The summed E-state index contributed by atoms with van der Waals surface area (Å²) in [5.74, 6) is 0.336. The van der Waals surface area contributed by atoms with Crippen molar-refractivity contribution < 1.29 is 9.59 Å². The molecule has 0 spiro atoms. The molecule has 3 atom stereocenters. The highest BCUT2D eigenvalue weighted by Crippen LogP contribution is 2.29. The Kier molecular flexibility index (Phi) is 6.03. The molecule has 0 bridgehead atoms. The van der Waals surface area contributed by atoms with Gasteiger partial charge in [-0.25, -0.2) is 0 Å². The fourth-order valence-corrected chi connectivity index (χ4v) is 3.61. The maximum Gasteiger partial charge on any atom is 0.244 e. The Morgan fingerprint density at radius 2 is 1.81 bits per heavy atom. The van der Waals surface area contributed by atoms with Gasteiger partial charge >= 0.3 is 0 Å². The summed E-state index contributed by atoms with van der Waals surface area (Å²) < 4.78 is 0. The molecule has 0 aromatic carbocycles. The standard InChI is InChI=1S/C16H29N3O2/c1-12(16(21)19-9-5-2-6-10-19)18-15(20)14-8-4-3-7-13(14)11-17/h12-14H,2-11,17H2,1H3,(H,18,20). The number of amides is 2. The number of nitrogens with zero attached hydrogens (tertiary/aromatic N) is 1. The Morgan fingerprint density at radius 3 is 2.48 bits per heavy atom. The predicted octanol–water partition coefficient (Wildman–Crippen LogP) is 1.27. The second-order valence-electron chi connectivity index (χ2n) is 6.50. The minimum Gasteiger partial charge on any atom is -0.344 e. The Balaban J connectivity index is 1.86. The van der Waals surface area contributed by atoms with Crippen molar-refractivity contribution in [3.63, 3.8) is 0 Å². The molecule has 5 heteroatoms. The smallest absolute Gasteiger partial charge is 0.244 e. The quantitative estimate of drug-likeness (QED) is 0.820. The van der Waals surface area contributed by atoms with Gasteiger partial charge < -0.3 is 16.0 Å². The van der Waals surface area contributed by atoms with E-state index in [1.807, 2.05) is 4.90 Å². The van der Waals surface area contributed by atoms with Crippen LogP contribution in [0.25, 0.3) is 0 Å². The van der Waals surface area contributed by atoms with E-state index in [2.05, 4.69) is 5.32 Å². The SMILES string of the molecule is CC(NC(=O)C1CCCCC1CN)C(=O)N1CCCCC1. The number of carbonyl (C=O) groups is 2. The van der Waals surface area contributed by atoms with Gasteiger partial charge in [0.1, 0.15) is 6.04 Å². The van der Waals surface area contributed by atoms with Gasteiger partial charge in [0.05, 0.1) is 0 Å². The number of carbonyl (C=O) groups excluding carboxylic acids is 2. The van der Waals surface area contributed by atoms with Crippen molar-refractivity contribution in [1.29, 1.82) is 0 Å². The second-order valence-corrected chi connectivity index (χ2v) is 6.50. The minimum atomic E-state index is -0.420. The van der Waals surface area contributed by atoms with E-state index in [9.17, 15) is 9.59 Å². The van der Waals surface area contributed by atoms with Crippen LogP contribution in [0, 0.1) is 11.8 Å². The van der Waals surface area contributed by atoms with Crippen LogP contribution < -0.4 is 11.1 Å². The van der Waals surface area contributed by atoms with Crippen molar-refractivity contribution in [2.75, 3.05) is 19.6 Å². The van der Waals surface area contributed by atoms with E-state index in [0.29, 0.717) is 6.54 Å². The topological polar surface area (TPSA) is 75.4 Å². The average molecular weight is 295 g/mol. The summed E-state index contributed by atoms with van der Waals surface area (Å²) >= 11 is 0. The lowest BCUT2D eigenvalue weighted by molar-refractivity contribution is -0.138. The Labute approximate surface area is 127 Å². The first-order valence-corrected chi connectivity index (χ1v) is 8.42. The van der Waals surface area contributed by atoms with Gasteiger partial charge in [0.15, 0.2) is 0 Å². The van der Waals surface area contributed by atoms with E-state index in [0.717, 1.165) is 51.6 Å². The summed E-state index contributed by atoms with van der Waals surface area (Å²) in [4.78, 5) is 26.7. The predicted molar refractivity (Wildman–Crippen MR) is 82.5 cm³/mol. The van der Waals surface area contributed by atoms with Gasteiger partial charge in [-0.05, 0) is 51.5 Å². The Hall–Kier alpha value is -1.10. The molecule has 3 N–H and O–H groups in total. The molecule has 5 nitrogen and oxygen atoms in total. The van der Waals surface area contributed by atoms with Crippen molar-refractivity contribution in [2.24, 2.45) is 17.6 Å². The highest BCUT2D eigenvalue weighted by atomic mass is 16.2. The van der Waals surface area contributed by atoms with Crippen molar-refractivity contribution in [3.8, 4) is 0 Å². The molecule has 0 radical (unpaired) electrons. The molecule has 2 rings (SSSR count). The third kappa shape index (κ3) is 4.19. The summed E-state index contributed by atoms with van der Waals surface area (Å²) in [5, 5.41) is 2.93. The third-order valence-corrected chi connectivity index (χ3v) is 4.95. The molecule has 120 valence electrons. The third-order valence-electron chi connectivity index (χ3n) is 4.95. The van der Waals surface area contributed by atoms with Crippen LogP contribution in [0.2, 0.25) is 0 Å². The zero-order chi connectivity index (χ0) is 15.2. The summed E-state index contributed by atoms with van der Waals surface area (Å²) in [5.41, 5.74) is 5.78. The highest BCUT2D eigenvalue weighted by molar-refractivity contribution is 5.88. The minimum absolute atomic E-state index is 0.0136. The molecule has 2 aliphatic rings. The summed E-state index contributed by atoms with van der Waals surface area (Å²) in [6.07, 6.45) is 7.53. The van der Waals surface area contributed by atoms with Crippen LogP contribution in [0.4, 0.5) is 0 Å². The molecular weight excluding hydrogens is 266 g/mol. The maximum atomic E-state index is 12.4. The van der Waals surface area contributed by atoms with Gasteiger partial charge in [0.2, 0.25) is 11.8 Å². The normalized spacial score (nSPS) is 28.0. The molecule has 1 saturated heterocycles. The van der Waals surface area contributed by atoms with Crippen LogP contribution in [0.1, 0.15) is 51.9 Å². The summed E-state index contributed by atoms with van der Waals surface area (Å²) in [6.45, 7) is 4.02. The van der Waals surface area contributed by atoms with Crippen LogP contribution in [0.3, 0.4) is 0 Å². The lowest BCUT2D eigenvalue weighted by Gasteiger charge is -2.32. The van der Waals surface area contributed by atoms with Gasteiger partial charge in [0, 0.05) is 19.0 Å². The van der Waals surface area contributed by atoms with Crippen LogP contribution in [0.15, 0.2) is 0 Å². The summed E-state index contributed by atoms with van der Waals surface area (Å²) in [7, 11) is 0. The number of rotatable bonds is 4. The van der Waals surface area contributed by atoms with Crippen LogP contribution in [-0.4, -0.2) is 42.4 Å². The van der Waals surface area contributed by atoms with Crippen LogP contribution in [0.5, 0.6) is 0 Å². The van der Waals surface area contributed by atoms with Gasteiger partial charge in [-0.1, -0.05) is 12.8 Å². The molecule has 1 heterocycles. The van der Waals surface area contributed by atoms with Crippen molar-refractivity contribution in [1.82, 2.24) is 10.2 Å². The Bertz CT molecular complexity index is 367. The maximum absolute atomic E-state index is 12.4. The lowest BCUT2D eigenvalue weighted by Crippen LogP contribution is -2.51.